The Kier molecular flexibility index (Phi) is 5.22. The molecule has 0 unspecified atom stereocenters. The minimum absolute atomic E-state index is 0.460. The number of rotatable bonds is 6. The molecule has 0 amide bonds. The van der Waals surface area contributed by atoms with Gasteiger partial charge in [-0.05, 0) is 36.8 Å². The van der Waals surface area contributed by atoms with Gasteiger partial charge in [0.25, 0.3) is 0 Å². The van der Waals surface area contributed by atoms with Gasteiger partial charge < -0.3 is 9.15 Å². The van der Waals surface area contributed by atoms with Crippen LogP contribution < -0.4 is 4.74 Å². The monoisotopic (exact) mass is 331 g/mol. The molecule has 0 N–H and O–H groups in total. The highest BCUT2D eigenvalue weighted by Gasteiger charge is 2.11. The van der Waals surface area contributed by atoms with Crippen LogP contribution in [0.4, 0.5) is 0 Å². The first-order valence-electron chi connectivity index (χ1n) is 7.93. The van der Waals surface area contributed by atoms with E-state index in [-0.39, 0.29) is 0 Å². The maximum absolute atomic E-state index is 8.51. The van der Waals surface area contributed by atoms with Crippen molar-refractivity contribution >= 4 is 6.08 Å². The molecule has 0 aliphatic carbocycles. The average molecular weight is 331 g/mol. The number of ether oxygens (including phenoxy) is 1. The molecular formula is C20H17N3O2. The standard InChI is InChI=1S/C20H17N3O2/c1-15-18(23-20(25-15)17-7-3-2-4-8-17)11-13-24-19-10-9-16(14-22-19)6-5-12-21/h2-10,14H,11,13H2,1H3. The molecule has 1 aromatic carbocycles. The van der Waals surface area contributed by atoms with Gasteiger partial charge >= 0.3 is 0 Å². The van der Waals surface area contributed by atoms with E-state index in [4.69, 9.17) is 14.4 Å². The van der Waals surface area contributed by atoms with E-state index in [0.29, 0.717) is 24.8 Å². The van der Waals surface area contributed by atoms with Crippen molar-refractivity contribution in [2.24, 2.45) is 0 Å². The zero-order valence-electron chi connectivity index (χ0n) is 13.8. The molecule has 3 aromatic rings. The van der Waals surface area contributed by atoms with Crippen molar-refractivity contribution in [3.8, 4) is 23.4 Å². The Morgan fingerprint density at radius 1 is 1.20 bits per heavy atom. The van der Waals surface area contributed by atoms with E-state index in [2.05, 4.69) is 9.97 Å². The lowest BCUT2D eigenvalue weighted by molar-refractivity contribution is 0.307. The maximum atomic E-state index is 8.51. The lowest BCUT2D eigenvalue weighted by Gasteiger charge is -2.04. The number of nitrogens with zero attached hydrogens (tertiary/aromatic N) is 3. The Morgan fingerprint density at radius 2 is 2.04 bits per heavy atom. The number of benzene rings is 1. The van der Waals surface area contributed by atoms with Crippen LogP contribution in [0.5, 0.6) is 5.88 Å². The summed E-state index contributed by atoms with van der Waals surface area (Å²) in [5, 5.41) is 8.51. The summed E-state index contributed by atoms with van der Waals surface area (Å²) in [6.07, 6.45) is 5.41. The largest absolute Gasteiger partial charge is 0.477 e. The van der Waals surface area contributed by atoms with Crippen LogP contribution in [0.1, 0.15) is 17.0 Å². The van der Waals surface area contributed by atoms with E-state index < -0.39 is 0 Å². The number of aromatic nitrogens is 2. The zero-order valence-corrected chi connectivity index (χ0v) is 13.8. The van der Waals surface area contributed by atoms with Gasteiger partial charge in [0.2, 0.25) is 11.8 Å². The Balaban J connectivity index is 1.58. The summed E-state index contributed by atoms with van der Waals surface area (Å²) in [5.41, 5.74) is 2.70. The van der Waals surface area contributed by atoms with E-state index in [0.717, 1.165) is 22.6 Å². The summed E-state index contributed by atoms with van der Waals surface area (Å²) in [6, 6.07) is 15.4. The van der Waals surface area contributed by atoms with Gasteiger partial charge in [-0.3, -0.25) is 0 Å². The van der Waals surface area contributed by atoms with Gasteiger partial charge in [-0.2, -0.15) is 5.26 Å². The van der Waals surface area contributed by atoms with E-state index in [1.165, 1.54) is 6.08 Å². The number of nitriles is 1. The Bertz CT molecular complexity index is 891. The quantitative estimate of drug-likeness (QED) is 0.633. The van der Waals surface area contributed by atoms with Crippen molar-refractivity contribution in [2.75, 3.05) is 6.61 Å². The molecule has 5 heteroatoms. The average Bonchev–Trinajstić information content (AvgIpc) is 3.03. The molecular weight excluding hydrogens is 314 g/mol. The Hall–Kier alpha value is -3.39. The molecule has 0 atom stereocenters. The van der Waals surface area contributed by atoms with Crippen LogP contribution in [-0.4, -0.2) is 16.6 Å². The minimum atomic E-state index is 0.460. The van der Waals surface area contributed by atoms with Crippen molar-refractivity contribution in [3.05, 3.63) is 71.8 Å². The van der Waals surface area contributed by atoms with Crippen molar-refractivity contribution in [1.82, 2.24) is 9.97 Å². The normalized spacial score (nSPS) is 10.7. The number of oxazole rings is 1. The second-order valence-electron chi connectivity index (χ2n) is 5.38. The third-order valence-corrected chi connectivity index (χ3v) is 3.61. The molecule has 5 nitrogen and oxygen atoms in total. The fourth-order valence-corrected chi connectivity index (χ4v) is 2.33. The summed E-state index contributed by atoms with van der Waals surface area (Å²) in [6.45, 7) is 2.37. The van der Waals surface area contributed by atoms with Gasteiger partial charge in [0, 0.05) is 30.3 Å². The third kappa shape index (κ3) is 4.33. The summed E-state index contributed by atoms with van der Waals surface area (Å²) in [5.74, 6) is 1.96. The van der Waals surface area contributed by atoms with E-state index >= 15 is 0 Å². The van der Waals surface area contributed by atoms with Crippen molar-refractivity contribution in [1.29, 1.82) is 5.26 Å². The van der Waals surface area contributed by atoms with Crippen molar-refractivity contribution < 1.29 is 9.15 Å². The number of hydrogen-bond donors (Lipinski definition) is 0. The van der Waals surface area contributed by atoms with Gasteiger partial charge in [-0.25, -0.2) is 9.97 Å². The lowest BCUT2D eigenvalue weighted by Crippen LogP contribution is -2.03. The predicted octanol–water partition coefficient (Wildman–Crippen LogP) is 4.20. The van der Waals surface area contributed by atoms with Crippen LogP contribution >= 0.6 is 0 Å². The molecule has 0 fully saturated rings. The summed E-state index contributed by atoms with van der Waals surface area (Å²) in [4.78, 5) is 8.76. The van der Waals surface area contributed by atoms with Crippen LogP contribution in [0.3, 0.4) is 0 Å². The van der Waals surface area contributed by atoms with Crippen molar-refractivity contribution in [2.45, 2.75) is 13.3 Å². The highest BCUT2D eigenvalue weighted by molar-refractivity contribution is 5.53. The van der Waals surface area contributed by atoms with Gasteiger partial charge in [-0.1, -0.05) is 18.2 Å². The van der Waals surface area contributed by atoms with E-state index in [1.54, 1.807) is 18.3 Å². The summed E-state index contributed by atoms with van der Waals surface area (Å²) in [7, 11) is 0. The molecule has 124 valence electrons. The van der Waals surface area contributed by atoms with Crippen LogP contribution in [0.15, 0.2) is 59.2 Å². The number of hydrogen-bond acceptors (Lipinski definition) is 5. The molecule has 0 saturated heterocycles. The van der Waals surface area contributed by atoms with Crippen molar-refractivity contribution in [3.63, 3.8) is 0 Å². The lowest BCUT2D eigenvalue weighted by atomic mass is 10.2. The van der Waals surface area contributed by atoms with Gasteiger partial charge in [0.1, 0.15) is 5.76 Å². The third-order valence-electron chi connectivity index (χ3n) is 3.61. The highest BCUT2D eigenvalue weighted by atomic mass is 16.5. The minimum Gasteiger partial charge on any atom is -0.477 e. The first-order chi connectivity index (χ1) is 12.3. The fourth-order valence-electron chi connectivity index (χ4n) is 2.33. The molecule has 0 saturated carbocycles. The molecule has 0 radical (unpaired) electrons. The molecule has 2 aromatic heterocycles. The molecule has 3 rings (SSSR count). The van der Waals surface area contributed by atoms with E-state index in [1.807, 2.05) is 49.4 Å². The van der Waals surface area contributed by atoms with Gasteiger partial charge in [-0.15, -0.1) is 0 Å². The Labute approximate surface area is 146 Å². The second-order valence-corrected chi connectivity index (χ2v) is 5.38. The van der Waals surface area contributed by atoms with Crippen LogP contribution in [0, 0.1) is 18.3 Å². The summed E-state index contributed by atoms with van der Waals surface area (Å²) >= 11 is 0. The molecule has 0 spiro atoms. The first kappa shape index (κ1) is 16.5. The smallest absolute Gasteiger partial charge is 0.226 e. The molecule has 0 bridgehead atoms. The van der Waals surface area contributed by atoms with Gasteiger partial charge in [0.15, 0.2) is 0 Å². The SMILES string of the molecule is Cc1oc(-c2ccccc2)nc1CCOc1ccc(C=CC#N)cn1. The highest BCUT2D eigenvalue weighted by Crippen LogP contribution is 2.21. The van der Waals surface area contributed by atoms with Crippen LogP contribution in [-0.2, 0) is 6.42 Å². The number of aryl methyl sites for hydroxylation is 1. The van der Waals surface area contributed by atoms with Gasteiger partial charge in [0.05, 0.1) is 18.4 Å². The zero-order chi connectivity index (χ0) is 17.5. The molecule has 0 aliphatic rings. The molecule has 25 heavy (non-hydrogen) atoms. The molecule has 0 aliphatic heterocycles. The molecule has 2 heterocycles. The fraction of sp³-hybridized carbons (Fsp3) is 0.150. The maximum Gasteiger partial charge on any atom is 0.226 e. The number of allylic oxidation sites excluding steroid dienone is 1. The van der Waals surface area contributed by atoms with E-state index in [9.17, 15) is 0 Å². The van der Waals surface area contributed by atoms with Crippen LogP contribution in [0.2, 0.25) is 0 Å². The first-order valence-corrected chi connectivity index (χ1v) is 7.93. The summed E-state index contributed by atoms with van der Waals surface area (Å²) < 4.78 is 11.4. The second kappa shape index (κ2) is 7.93. The Morgan fingerprint density at radius 3 is 2.76 bits per heavy atom. The van der Waals surface area contributed by atoms with Crippen LogP contribution in [0.25, 0.3) is 17.5 Å². The topological polar surface area (TPSA) is 71.9 Å². The predicted molar refractivity (Wildman–Crippen MR) is 94.8 cm³/mol. The number of pyridine rings is 1.